The fourth-order valence-electron chi connectivity index (χ4n) is 4.43. The van der Waals surface area contributed by atoms with Gasteiger partial charge >= 0.3 is 0 Å². The molecule has 2 aromatic carbocycles. The lowest BCUT2D eigenvalue weighted by molar-refractivity contribution is 0.141. The number of rotatable bonds is 0. The molecule has 4 heteroatoms. The van der Waals surface area contributed by atoms with Gasteiger partial charge < -0.3 is 10.1 Å². The van der Waals surface area contributed by atoms with Crippen LogP contribution in [0.3, 0.4) is 0 Å². The number of hydrogen-bond acceptors (Lipinski definition) is 2. The van der Waals surface area contributed by atoms with Gasteiger partial charge in [0.2, 0.25) is 0 Å². The van der Waals surface area contributed by atoms with Crippen LogP contribution in [-0.4, -0.2) is 21.5 Å². The Bertz CT molecular complexity index is 961. The van der Waals surface area contributed by atoms with Gasteiger partial charge in [-0.1, -0.05) is 17.7 Å². The molecular weight excluding hydrogens is 308 g/mol. The SMILES string of the molecule is CC12c3cc(O)ccc3CN1CCc1c2[nH]c2ccc(Cl)cc12. The second kappa shape index (κ2) is 4.31. The number of H-pyrrole nitrogens is 1. The number of aromatic amines is 1. The van der Waals surface area contributed by atoms with Crippen molar-refractivity contribution in [2.75, 3.05) is 6.54 Å². The van der Waals surface area contributed by atoms with Gasteiger partial charge in [-0.3, -0.25) is 4.90 Å². The van der Waals surface area contributed by atoms with Crippen molar-refractivity contribution in [2.24, 2.45) is 0 Å². The monoisotopic (exact) mass is 324 g/mol. The first-order valence-electron chi connectivity index (χ1n) is 7.95. The van der Waals surface area contributed by atoms with Crippen molar-refractivity contribution >= 4 is 22.5 Å². The number of nitrogens with zero attached hydrogens (tertiary/aromatic N) is 1. The van der Waals surface area contributed by atoms with Gasteiger partial charge in [-0.25, -0.2) is 0 Å². The summed E-state index contributed by atoms with van der Waals surface area (Å²) in [5.41, 5.74) is 6.03. The summed E-state index contributed by atoms with van der Waals surface area (Å²) < 4.78 is 0. The lowest BCUT2D eigenvalue weighted by Crippen LogP contribution is -2.44. The van der Waals surface area contributed by atoms with Crippen LogP contribution in [0.1, 0.15) is 29.3 Å². The van der Waals surface area contributed by atoms with Crippen molar-refractivity contribution in [3.63, 3.8) is 0 Å². The van der Waals surface area contributed by atoms with Crippen molar-refractivity contribution in [3.05, 3.63) is 63.8 Å². The molecule has 0 bridgehead atoms. The predicted octanol–water partition coefficient (Wildman–Crippen LogP) is 4.16. The topological polar surface area (TPSA) is 39.3 Å². The van der Waals surface area contributed by atoms with Crippen molar-refractivity contribution in [2.45, 2.75) is 25.4 Å². The van der Waals surface area contributed by atoms with Gasteiger partial charge in [0.05, 0.1) is 5.54 Å². The van der Waals surface area contributed by atoms with Crippen molar-refractivity contribution in [1.29, 1.82) is 0 Å². The van der Waals surface area contributed by atoms with Crippen LogP contribution in [0.2, 0.25) is 5.02 Å². The molecule has 5 rings (SSSR count). The summed E-state index contributed by atoms with van der Waals surface area (Å²) in [5.74, 6) is 0.332. The molecule has 3 heterocycles. The molecule has 0 saturated carbocycles. The first-order valence-corrected chi connectivity index (χ1v) is 8.33. The molecule has 3 nitrogen and oxygen atoms in total. The zero-order chi connectivity index (χ0) is 15.8. The number of hydrogen-bond donors (Lipinski definition) is 2. The van der Waals surface area contributed by atoms with Crippen molar-refractivity contribution in [3.8, 4) is 5.75 Å². The fourth-order valence-corrected chi connectivity index (χ4v) is 4.60. The average Bonchev–Trinajstić information content (AvgIpc) is 3.03. The van der Waals surface area contributed by atoms with Crippen LogP contribution in [0.25, 0.3) is 10.9 Å². The van der Waals surface area contributed by atoms with Gasteiger partial charge in [0.1, 0.15) is 5.75 Å². The predicted molar refractivity (Wildman–Crippen MR) is 92.0 cm³/mol. The van der Waals surface area contributed by atoms with Gasteiger partial charge in [-0.05, 0) is 60.4 Å². The molecule has 0 radical (unpaired) electrons. The Labute approximate surface area is 139 Å². The third-order valence-corrected chi connectivity index (χ3v) is 5.83. The molecule has 2 N–H and O–H groups in total. The Morgan fingerprint density at radius 2 is 2.09 bits per heavy atom. The molecule has 116 valence electrons. The molecule has 1 unspecified atom stereocenters. The minimum absolute atomic E-state index is 0.215. The Kier molecular flexibility index (Phi) is 2.52. The van der Waals surface area contributed by atoms with E-state index < -0.39 is 0 Å². The number of fused-ring (bicyclic) bond motifs is 7. The number of nitrogens with one attached hydrogen (secondary N) is 1. The van der Waals surface area contributed by atoms with E-state index in [4.69, 9.17) is 11.6 Å². The van der Waals surface area contributed by atoms with Gasteiger partial charge in [0, 0.05) is 34.7 Å². The van der Waals surface area contributed by atoms with Crippen LogP contribution >= 0.6 is 11.6 Å². The summed E-state index contributed by atoms with van der Waals surface area (Å²) in [6.07, 6.45) is 1.02. The Hall–Kier alpha value is -1.97. The highest BCUT2D eigenvalue weighted by Gasteiger charge is 2.47. The van der Waals surface area contributed by atoms with Crippen LogP contribution in [0.15, 0.2) is 36.4 Å². The molecule has 0 fully saturated rings. The summed E-state index contributed by atoms with van der Waals surface area (Å²) in [5, 5.41) is 12.0. The van der Waals surface area contributed by atoms with Crippen molar-refractivity contribution in [1.82, 2.24) is 9.88 Å². The van der Waals surface area contributed by atoms with Crippen LogP contribution in [-0.2, 0) is 18.5 Å². The van der Waals surface area contributed by atoms with E-state index in [1.807, 2.05) is 18.2 Å². The normalized spacial score (nSPS) is 22.9. The average molecular weight is 325 g/mol. The summed E-state index contributed by atoms with van der Waals surface area (Å²) in [6.45, 7) is 4.20. The molecule has 2 aliphatic heterocycles. The van der Waals surface area contributed by atoms with Gasteiger partial charge in [-0.15, -0.1) is 0 Å². The van der Waals surface area contributed by atoms with E-state index in [0.29, 0.717) is 5.75 Å². The molecule has 1 aromatic heterocycles. The van der Waals surface area contributed by atoms with Gasteiger partial charge in [-0.2, -0.15) is 0 Å². The number of phenols is 1. The highest BCUT2D eigenvalue weighted by atomic mass is 35.5. The molecule has 0 aliphatic carbocycles. The van der Waals surface area contributed by atoms with E-state index in [1.54, 1.807) is 6.07 Å². The number of phenolic OH excluding ortho intramolecular Hbond substituents is 1. The van der Waals surface area contributed by atoms with E-state index in [0.717, 1.165) is 30.0 Å². The summed E-state index contributed by atoms with van der Waals surface area (Å²) in [4.78, 5) is 6.13. The van der Waals surface area contributed by atoms with Crippen molar-refractivity contribution < 1.29 is 5.11 Å². The smallest absolute Gasteiger partial charge is 0.115 e. The first-order chi connectivity index (χ1) is 11.1. The minimum Gasteiger partial charge on any atom is -0.508 e. The highest BCUT2D eigenvalue weighted by molar-refractivity contribution is 6.31. The van der Waals surface area contributed by atoms with Gasteiger partial charge in [0.25, 0.3) is 0 Å². The van der Waals surface area contributed by atoms with Crippen LogP contribution in [0.5, 0.6) is 5.75 Å². The Morgan fingerprint density at radius 1 is 1.22 bits per heavy atom. The maximum absolute atomic E-state index is 9.98. The number of benzene rings is 2. The Balaban J connectivity index is 1.83. The molecule has 0 amide bonds. The molecular formula is C19H17ClN2O. The maximum Gasteiger partial charge on any atom is 0.115 e. The molecule has 2 aliphatic rings. The standard InChI is InChI=1S/C19H17ClN2O/c1-19-16-9-13(23)4-2-11(16)10-22(19)7-6-14-15-8-12(20)3-5-17(15)21-18(14)19/h2-5,8-9,21,23H,6-7,10H2,1H3. The minimum atomic E-state index is -0.215. The lowest BCUT2D eigenvalue weighted by Gasteiger charge is -2.40. The quantitative estimate of drug-likeness (QED) is 0.651. The highest BCUT2D eigenvalue weighted by Crippen LogP contribution is 2.49. The number of aromatic hydroxyl groups is 1. The third kappa shape index (κ3) is 1.64. The van der Waals surface area contributed by atoms with E-state index >= 15 is 0 Å². The first kappa shape index (κ1) is 13.5. The van der Waals surface area contributed by atoms with Crippen LogP contribution in [0.4, 0.5) is 0 Å². The molecule has 0 spiro atoms. The Morgan fingerprint density at radius 3 is 2.96 bits per heavy atom. The van der Waals surface area contributed by atoms with E-state index in [1.165, 1.54) is 27.8 Å². The van der Waals surface area contributed by atoms with Crippen LogP contribution in [0, 0.1) is 0 Å². The number of halogens is 1. The molecule has 1 atom stereocenters. The largest absolute Gasteiger partial charge is 0.508 e. The van der Waals surface area contributed by atoms with Gasteiger partial charge in [0.15, 0.2) is 0 Å². The lowest BCUT2D eigenvalue weighted by atomic mass is 9.82. The zero-order valence-electron chi connectivity index (χ0n) is 12.9. The summed E-state index contributed by atoms with van der Waals surface area (Å²) >= 11 is 6.21. The van der Waals surface area contributed by atoms with Crippen LogP contribution < -0.4 is 0 Å². The maximum atomic E-state index is 9.98. The molecule has 23 heavy (non-hydrogen) atoms. The fraction of sp³-hybridized carbons (Fsp3) is 0.263. The van der Waals surface area contributed by atoms with E-state index in [9.17, 15) is 5.11 Å². The molecule has 0 saturated heterocycles. The summed E-state index contributed by atoms with van der Waals surface area (Å²) in [6, 6.07) is 11.8. The second-order valence-electron chi connectivity index (χ2n) is 6.75. The number of aromatic nitrogens is 1. The van der Waals surface area contributed by atoms with E-state index in [-0.39, 0.29) is 5.54 Å². The zero-order valence-corrected chi connectivity index (χ0v) is 13.6. The second-order valence-corrected chi connectivity index (χ2v) is 7.19. The molecule has 3 aromatic rings. The third-order valence-electron chi connectivity index (χ3n) is 5.60. The van der Waals surface area contributed by atoms with E-state index in [2.05, 4.69) is 28.9 Å². The summed E-state index contributed by atoms with van der Waals surface area (Å²) in [7, 11) is 0.